The fourth-order valence-electron chi connectivity index (χ4n) is 6.71. The van der Waals surface area contributed by atoms with E-state index in [0.717, 1.165) is 75.2 Å². The number of carbonyl (C=O) groups excluding carboxylic acids is 1. The fourth-order valence-corrected chi connectivity index (χ4v) is 6.71. The van der Waals surface area contributed by atoms with Crippen LogP contribution < -0.4 is 24.5 Å². The summed E-state index contributed by atoms with van der Waals surface area (Å²) >= 11 is 0. The molecule has 0 bridgehead atoms. The summed E-state index contributed by atoms with van der Waals surface area (Å²) in [6.45, 7) is 23.0. The Labute approximate surface area is 298 Å². The van der Waals surface area contributed by atoms with Crippen molar-refractivity contribution < 1.29 is 18.7 Å². The molecule has 1 heterocycles. The second-order valence-electron chi connectivity index (χ2n) is 12.6. The van der Waals surface area contributed by atoms with Crippen LogP contribution in [0.1, 0.15) is 51.0 Å². The number of anilines is 2. The van der Waals surface area contributed by atoms with Crippen LogP contribution in [0.15, 0.2) is 104 Å². The van der Waals surface area contributed by atoms with E-state index in [9.17, 15) is 4.79 Å². The van der Waals surface area contributed by atoms with Crippen LogP contribution in [0.4, 0.5) is 11.4 Å². The van der Waals surface area contributed by atoms with Gasteiger partial charge in [0.05, 0.1) is 19.8 Å². The summed E-state index contributed by atoms with van der Waals surface area (Å²) in [5.74, 6) is 1.66. The summed E-state index contributed by atoms with van der Waals surface area (Å²) in [6, 6.07) is 17.2. The lowest BCUT2D eigenvalue weighted by Gasteiger charge is -2.27. The van der Waals surface area contributed by atoms with Crippen LogP contribution in [0.3, 0.4) is 0 Å². The third-order valence-corrected chi connectivity index (χ3v) is 9.09. The van der Waals surface area contributed by atoms with E-state index in [1.165, 1.54) is 5.56 Å². The van der Waals surface area contributed by atoms with Crippen LogP contribution in [0.25, 0.3) is 33.4 Å². The molecule has 1 atom stereocenters. The average molecular weight is 677 g/mol. The Morgan fingerprint density at radius 1 is 0.920 bits per heavy atom. The van der Waals surface area contributed by atoms with Crippen molar-refractivity contribution in [1.29, 1.82) is 0 Å². The van der Waals surface area contributed by atoms with Crippen molar-refractivity contribution in [2.24, 2.45) is 0 Å². The van der Waals surface area contributed by atoms with E-state index in [1.54, 1.807) is 7.11 Å². The number of nitrogens with zero attached hydrogens (tertiary/aromatic N) is 3. The van der Waals surface area contributed by atoms with Crippen LogP contribution in [0.2, 0.25) is 0 Å². The molecule has 0 saturated carbocycles. The van der Waals surface area contributed by atoms with Gasteiger partial charge in [0.15, 0.2) is 13.1 Å². The molecule has 2 aliphatic rings. The summed E-state index contributed by atoms with van der Waals surface area (Å²) in [6.07, 6.45) is 10.6. The Hall–Kier alpha value is -5.04. The number of methoxy groups -OCH3 is 1. The third-order valence-electron chi connectivity index (χ3n) is 9.09. The molecule has 2 aromatic carbocycles. The predicted molar refractivity (Wildman–Crippen MR) is 211 cm³/mol. The summed E-state index contributed by atoms with van der Waals surface area (Å²) in [7, 11) is 5.90. The fraction of sp³-hybridized carbons (Fsp3) is 0.349. The number of rotatable bonds is 19. The average Bonchev–Trinajstić information content (AvgIpc) is 3.11. The first kappa shape index (κ1) is 37.8. The number of hydrogen-bond donors (Lipinski definition) is 0. The molecular formula is C43H54N3O4+. The van der Waals surface area contributed by atoms with Crippen LogP contribution in [0.5, 0.6) is 5.75 Å². The first-order chi connectivity index (χ1) is 24.2. The molecule has 0 amide bonds. The maximum Gasteiger partial charge on any atom is 0.305 e. The lowest BCUT2D eigenvalue weighted by Crippen LogP contribution is -2.30. The monoisotopic (exact) mass is 676 g/mol. The Balaban J connectivity index is 2.02. The first-order valence-corrected chi connectivity index (χ1v) is 17.6. The number of esters is 1. The number of ether oxygens (including phenoxy) is 2. The molecule has 0 radical (unpaired) electrons. The van der Waals surface area contributed by atoms with E-state index >= 15 is 0 Å². The minimum atomic E-state index is -0.142. The van der Waals surface area contributed by atoms with Crippen molar-refractivity contribution in [2.45, 2.75) is 45.4 Å². The number of carbonyl (C=O) groups is 1. The molecule has 2 aromatic rings. The van der Waals surface area contributed by atoms with Crippen LogP contribution in [0, 0.1) is 0 Å². The Kier molecular flexibility index (Phi) is 13.7. The van der Waals surface area contributed by atoms with Crippen molar-refractivity contribution in [1.82, 2.24) is 4.58 Å². The highest BCUT2D eigenvalue weighted by molar-refractivity contribution is 6.04. The zero-order valence-corrected chi connectivity index (χ0v) is 30.7. The topological polar surface area (TPSA) is 58.2 Å². The highest BCUT2D eigenvalue weighted by Crippen LogP contribution is 2.47. The van der Waals surface area contributed by atoms with Gasteiger partial charge < -0.3 is 23.7 Å². The molecular weight excluding hydrogens is 622 g/mol. The summed E-state index contributed by atoms with van der Waals surface area (Å²) in [4.78, 5) is 16.5. The zero-order valence-electron chi connectivity index (χ0n) is 30.7. The molecule has 4 rings (SSSR count). The van der Waals surface area contributed by atoms with Crippen molar-refractivity contribution in [3.8, 4) is 28.2 Å². The summed E-state index contributed by atoms with van der Waals surface area (Å²) in [5.41, 5.74) is 7.11. The molecule has 0 aromatic heterocycles. The van der Waals surface area contributed by atoms with Crippen molar-refractivity contribution in [3.05, 3.63) is 110 Å². The maximum absolute atomic E-state index is 12.1. The van der Waals surface area contributed by atoms with Gasteiger partial charge in [0, 0.05) is 79.2 Å². The zero-order chi connectivity index (χ0) is 36.2. The molecule has 0 saturated heterocycles. The highest BCUT2D eigenvalue weighted by atomic mass is 16.5. The van der Waals surface area contributed by atoms with Crippen molar-refractivity contribution >= 4 is 28.3 Å². The van der Waals surface area contributed by atoms with Crippen molar-refractivity contribution in [2.75, 3.05) is 63.8 Å². The lowest BCUT2D eigenvalue weighted by molar-refractivity contribution is -0.143. The molecule has 264 valence electrons. The Bertz CT molecular complexity index is 1850. The van der Waals surface area contributed by atoms with Crippen LogP contribution in [-0.2, 0) is 9.53 Å². The molecule has 1 aliphatic heterocycles. The van der Waals surface area contributed by atoms with Gasteiger partial charge in [-0.05, 0) is 80.2 Å². The molecule has 1 unspecified atom stereocenters. The molecule has 7 nitrogen and oxygen atoms in total. The Morgan fingerprint density at radius 3 is 2.24 bits per heavy atom. The SMILES string of the molecule is C=CCN(CC=C)c1ccc2c(-c3cc(N(C)C)c(C(CC)CCCC(=O)OCC)cc3OC)c3ccc(=[N+](CC=C)CC=C)cc-3oc2c1. The quantitative estimate of drug-likeness (QED) is 0.0428. The van der Waals surface area contributed by atoms with Gasteiger partial charge in [0.25, 0.3) is 0 Å². The van der Waals surface area contributed by atoms with Gasteiger partial charge in [0.2, 0.25) is 5.36 Å². The molecule has 0 spiro atoms. The Morgan fingerprint density at radius 2 is 1.64 bits per heavy atom. The lowest BCUT2D eigenvalue weighted by atomic mass is 9.86. The van der Waals surface area contributed by atoms with Gasteiger partial charge in [-0.2, -0.15) is 0 Å². The predicted octanol–water partition coefficient (Wildman–Crippen LogP) is 8.83. The number of fused-ring (bicyclic) bond motifs is 2. The van der Waals surface area contributed by atoms with Gasteiger partial charge in [-0.25, -0.2) is 4.58 Å². The van der Waals surface area contributed by atoms with E-state index < -0.39 is 0 Å². The van der Waals surface area contributed by atoms with Gasteiger partial charge >= 0.3 is 5.97 Å². The van der Waals surface area contributed by atoms with E-state index in [-0.39, 0.29) is 11.9 Å². The van der Waals surface area contributed by atoms with E-state index in [2.05, 4.69) is 110 Å². The van der Waals surface area contributed by atoms with Crippen LogP contribution >= 0.6 is 0 Å². The van der Waals surface area contributed by atoms with Gasteiger partial charge in [-0.15, -0.1) is 13.2 Å². The van der Waals surface area contributed by atoms with Gasteiger partial charge in [0.1, 0.15) is 17.1 Å². The molecule has 1 aliphatic carbocycles. The minimum absolute atomic E-state index is 0.142. The normalized spacial score (nSPS) is 11.5. The van der Waals surface area contributed by atoms with Gasteiger partial charge in [-0.1, -0.05) is 32.2 Å². The highest BCUT2D eigenvalue weighted by Gasteiger charge is 2.25. The third kappa shape index (κ3) is 8.57. The van der Waals surface area contributed by atoms with Gasteiger partial charge in [-0.3, -0.25) is 4.79 Å². The maximum atomic E-state index is 12.1. The second kappa shape index (κ2) is 18.1. The van der Waals surface area contributed by atoms with E-state index in [1.807, 2.05) is 31.2 Å². The molecule has 50 heavy (non-hydrogen) atoms. The first-order valence-electron chi connectivity index (χ1n) is 17.6. The standard InChI is InChI=1S/C43H54N3O4/c1-10-23-45(24-11-2)32-19-21-34-40(27-32)50-41-28-33(46(25-12-3)26-13-4)20-22-35(41)43(34)37-29-38(44(7)8)36(30-39(37)48-9)31(14-5)17-16-18-42(47)49-15-6/h10-13,19-22,27-31H,1-4,14-18,23-26H2,5-9H3/q+1. The molecule has 7 heteroatoms. The summed E-state index contributed by atoms with van der Waals surface area (Å²) in [5, 5.41) is 2.00. The largest absolute Gasteiger partial charge is 0.496 e. The van der Waals surface area contributed by atoms with Crippen LogP contribution in [-0.4, -0.2) is 60.0 Å². The minimum Gasteiger partial charge on any atom is -0.496 e. The van der Waals surface area contributed by atoms with Crippen molar-refractivity contribution in [3.63, 3.8) is 0 Å². The molecule has 0 fully saturated rings. The number of benzene rings is 3. The number of hydrogen-bond acceptors (Lipinski definition) is 6. The molecule has 0 N–H and O–H groups in total. The van der Waals surface area contributed by atoms with E-state index in [4.69, 9.17) is 13.9 Å². The second-order valence-corrected chi connectivity index (χ2v) is 12.6. The van der Waals surface area contributed by atoms with E-state index in [0.29, 0.717) is 39.2 Å². The summed E-state index contributed by atoms with van der Waals surface area (Å²) < 4.78 is 20.4. The smallest absolute Gasteiger partial charge is 0.305 e.